The zero-order valence-electron chi connectivity index (χ0n) is 11.5. The minimum atomic E-state index is -0.345. The largest absolute Gasteiger partial charge is 0.318 e. The second kappa shape index (κ2) is 5.72. The Balaban J connectivity index is 2.43. The number of nitrogens with two attached hydrogens (primary N) is 1. The minimum absolute atomic E-state index is 0.345. The molecular weight excluding hydrogens is 260 g/mol. The molecule has 1 atom stereocenters. The molecule has 2 aromatic rings. The molecule has 0 bridgehead atoms. The lowest BCUT2D eigenvalue weighted by atomic mass is 10.0. The van der Waals surface area contributed by atoms with Gasteiger partial charge in [0.2, 0.25) is 0 Å². The van der Waals surface area contributed by atoms with Crippen molar-refractivity contribution in [3.8, 4) is 0 Å². The molecule has 4 nitrogen and oxygen atoms in total. The second-order valence-corrected chi connectivity index (χ2v) is 5.20. The zero-order chi connectivity index (χ0) is 14.0. The van der Waals surface area contributed by atoms with E-state index in [2.05, 4.69) is 23.1 Å². The summed E-state index contributed by atoms with van der Waals surface area (Å²) >= 11 is 6.22. The van der Waals surface area contributed by atoms with Crippen LogP contribution in [-0.4, -0.2) is 14.8 Å². The van der Waals surface area contributed by atoms with Gasteiger partial charge in [0.1, 0.15) is 0 Å². The van der Waals surface area contributed by atoms with Crippen LogP contribution in [0.4, 0.5) is 0 Å². The first kappa shape index (κ1) is 14.0. The molecule has 0 spiro atoms. The topological polar surface area (TPSA) is 56.7 Å². The van der Waals surface area contributed by atoms with E-state index < -0.39 is 0 Å². The van der Waals surface area contributed by atoms with Crippen molar-refractivity contribution >= 4 is 11.6 Å². The van der Waals surface area contributed by atoms with Gasteiger partial charge < -0.3 is 5.73 Å². The SMILES string of the molecule is CCCn1ncc(Cl)c1C(N)c1ncc(C)cc1C. The maximum atomic E-state index is 6.34. The molecule has 19 heavy (non-hydrogen) atoms. The predicted octanol–water partition coefficient (Wildman–Crippen LogP) is 3.01. The second-order valence-electron chi connectivity index (χ2n) is 4.79. The molecule has 0 saturated heterocycles. The number of hydrogen-bond donors (Lipinski definition) is 1. The normalized spacial score (nSPS) is 12.7. The Morgan fingerprint density at radius 2 is 2.11 bits per heavy atom. The highest BCUT2D eigenvalue weighted by molar-refractivity contribution is 6.31. The summed E-state index contributed by atoms with van der Waals surface area (Å²) in [5.41, 5.74) is 10.2. The highest BCUT2D eigenvalue weighted by Gasteiger charge is 2.20. The van der Waals surface area contributed by atoms with Crippen LogP contribution >= 0.6 is 11.6 Å². The van der Waals surface area contributed by atoms with Gasteiger partial charge in [-0.25, -0.2) is 0 Å². The van der Waals surface area contributed by atoms with Crippen molar-refractivity contribution in [2.75, 3.05) is 0 Å². The van der Waals surface area contributed by atoms with E-state index in [1.54, 1.807) is 6.20 Å². The van der Waals surface area contributed by atoms with E-state index in [0.29, 0.717) is 5.02 Å². The van der Waals surface area contributed by atoms with Crippen LogP contribution < -0.4 is 5.73 Å². The number of nitrogens with zero attached hydrogens (tertiary/aromatic N) is 3. The summed E-state index contributed by atoms with van der Waals surface area (Å²) in [7, 11) is 0. The molecular formula is C14H19ClN4. The first-order valence-corrected chi connectivity index (χ1v) is 6.82. The Morgan fingerprint density at radius 1 is 1.37 bits per heavy atom. The van der Waals surface area contributed by atoms with Gasteiger partial charge in [-0.3, -0.25) is 9.67 Å². The maximum absolute atomic E-state index is 6.34. The van der Waals surface area contributed by atoms with E-state index in [1.165, 1.54) is 0 Å². The number of rotatable bonds is 4. The molecule has 0 radical (unpaired) electrons. The van der Waals surface area contributed by atoms with Crippen LogP contribution in [0.15, 0.2) is 18.5 Å². The highest BCUT2D eigenvalue weighted by Crippen LogP contribution is 2.27. The molecule has 0 aliphatic heterocycles. The lowest BCUT2D eigenvalue weighted by Crippen LogP contribution is -2.20. The third kappa shape index (κ3) is 2.80. The predicted molar refractivity (Wildman–Crippen MR) is 77.3 cm³/mol. The summed E-state index contributed by atoms with van der Waals surface area (Å²) < 4.78 is 1.87. The monoisotopic (exact) mass is 278 g/mol. The van der Waals surface area contributed by atoms with Gasteiger partial charge in [0.15, 0.2) is 0 Å². The van der Waals surface area contributed by atoms with Gasteiger partial charge in [-0.15, -0.1) is 0 Å². The van der Waals surface area contributed by atoms with Crippen molar-refractivity contribution in [3.63, 3.8) is 0 Å². The van der Waals surface area contributed by atoms with E-state index in [9.17, 15) is 0 Å². The molecule has 2 heterocycles. The summed E-state index contributed by atoms with van der Waals surface area (Å²) in [6.45, 7) is 6.94. The van der Waals surface area contributed by atoms with Crippen LogP contribution in [0.3, 0.4) is 0 Å². The summed E-state index contributed by atoms with van der Waals surface area (Å²) in [6.07, 6.45) is 4.46. The molecule has 102 valence electrons. The van der Waals surface area contributed by atoms with E-state index in [-0.39, 0.29) is 6.04 Å². The van der Waals surface area contributed by atoms with Gasteiger partial charge in [0.25, 0.3) is 0 Å². The number of aromatic nitrogens is 3. The Kier molecular flexibility index (Phi) is 4.22. The summed E-state index contributed by atoms with van der Waals surface area (Å²) in [5.74, 6) is 0. The fourth-order valence-electron chi connectivity index (χ4n) is 2.25. The first-order chi connectivity index (χ1) is 9.04. The van der Waals surface area contributed by atoms with E-state index in [4.69, 9.17) is 17.3 Å². The van der Waals surface area contributed by atoms with Crippen LogP contribution in [-0.2, 0) is 6.54 Å². The van der Waals surface area contributed by atoms with Crippen LogP contribution in [0.1, 0.15) is 41.9 Å². The summed E-state index contributed by atoms with van der Waals surface area (Å²) in [4.78, 5) is 4.45. The molecule has 0 fully saturated rings. The average Bonchev–Trinajstić information content (AvgIpc) is 2.70. The fourth-order valence-corrected chi connectivity index (χ4v) is 2.51. The molecule has 2 rings (SSSR count). The molecule has 2 N–H and O–H groups in total. The van der Waals surface area contributed by atoms with Gasteiger partial charge in [-0.1, -0.05) is 24.6 Å². The summed E-state index contributed by atoms with van der Waals surface area (Å²) in [6, 6.07) is 1.73. The Hall–Kier alpha value is -1.39. The average molecular weight is 279 g/mol. The molecule has 0 saturated carbocycles. The Labute approximate surface area is 118 Å². The molecule has 2 aromatic heterocycles. The number of halogens is 1. The van der Waals surface area contributed by atoms with Crippen LogP contribution in [0, 0.1) is 13.8 Å². The maximum Gasteiger partial charge on any atom is 0.0914 e. The fraction of sp³-hybridized carbons (Fsp3) is 0.429. The van der Waals surface area contributed by atoms with Crippen molar-refractivity contribution in [2.24, 2.45) is 5.73 Å². The standard InChI is InChI=1S/C14H19ClN4/c1-4-5-19-14(11(15)8-18-19)12(16)13-10(3)6-9(2)7-17-13/h6-8,12H,4-5,16H2,1-3H3. The van der Waals surface area contributed by atoms with Gasteiger partial charge >= 0.3 is 0 Å². The van der Waals surface area contributed by atoms with E-state index >= 15 is 0 Å². The van der Waals surface area contributed by atoms with Crippen molar-refractivity contribution in [3.05, 3.63) is 46.0 Å². The minimum Gasteiger partial charge on any atom is -0.318 e. The van der Waals surface area contributed by atoms with Crippen LogP contribution in [0.25, 0.3) is 0 Å². The zero-order valence-corrected chi connectivity index (χ0v) is 12.3. The van der Waals surface area contributed by atoms with Gasteiger partial charge in [-0.2, -0.15) is 5.10 Å². The van der Waals surface area contributed by atoms with E-state index in [0.717, 1.165) is 35.5 Å². The van der Waals surface area contributed by atoms with Crippen molar-refractivity contribution in [1.82, 2.24) is 14.8 Å². The number of aryl methyl sites for hydroxylation is 3. The quantitative estimate of drug-likeness (QED) is 0.935. The van der Waals surface area contributed by atoms with Gasteiger partial charge in [-0.05, 0) is 31.4 Å². The highest BCUT2D eigenvalue weighted by atomic mass is 35.5. The number of hydrogen-bond acceptors (Lipinski definition) is 3. The van der Waals surface area contributed by atoms with Gasteiger partial charge in [0, 0.05) is 12.7 Å². The van der Waals surface area contributed by atoms with Crippen molar-refractivity contribution in [1.29, 1.82) is 0 Å². The third-order valence-electron chi connectivity index (χ3n) is 3.11. The summed E-state index contributed by atoms with van der Waals surface area (Å²) in [5, 5.41) is 4.88. The molecule has 0 amide bonds. The smallest absolute Gasteiger partial charge is 0.0914 e. The molecule has 1 unspecified atom stereocenters. The molecule has 0 aromatic carbocycles. The molecule has 0 aliphatic rings. The van der Waals surface area contributed by atoms with Crippen molar-refractivity contribution < 1.29 is 0 Å². The Bertz CT molecular complexity index is 577. The van der Waals surface area contributed by atoms with E-state index in [1.807, 2.05) is 24.7 Å². The van der Waals surface area contributed by atoms with Crippen LogP contribution in [0.5, 0.6) is 0 Å². The lowest BCUT2D eigenvalue weighted by Gasteiger charge is -2.16. The molecule has 5 heteroatoms. The molecule has 0 aliphatic carbocycles. The van der Waals surface area contributed by atoms with Crippen molar-refractivity contribution in [2.45, 2.75) is 39.8 Å². The van der Waals surface area contributed by atoms with Gasteiger partial charge in [0.05, 0.1) is 28.6 Å². The number of pyridine rings is 1. The van der Waals surface area contributed by atoms with Crippen LogP contribution in [0.2, 0.25) is 5.02 Å². The Morgan fingerprint density at radius 3 is 2.74 bits per heavy atom. The first-order valence-electron chi connectivity index (χ1n) is 6.44. The lowest BCUT2D eigenvalue weighted by molar-refractivity contribution is 0.556. The third-order valence-corrected chi connectivity index (χ3v) is 3.40.